The highest BCUT2D eigenvalue weighted by Gasteiger charge is 2.19. The fourth-order valence-electron chi connectivity index (χ4n) is 3.44. The molecular weight excluding hydrogens is 314 g/mol. The molecule has 0 unspecified atom stereocenters. The number of pyridine rings is 1. The van der Waals surface area contributed by atoms with Gasteiger partial charge in [0.15, 0.2) is 11.5 Å². The number of nitrogens with zero attached hydrogens (tertiary/aromatic N) is 3. The molecule has 0 N–H and O–H groups in total. The first-order chi connectivity index (χ1) is 12.2. The second-order valence-electron chi connectivity index (χ2n) is 7.03. The third-order valence-corrected chi connectivity index (χ3v) is 5.04. The van der Waals surface area contributed by atoms with Crippen LogP contribution in [0.4, 0.5) is 0 Å². The molecule has 0 aliphatic carbocycles. The maximum absolute atomic E-state index is 5.45. The molecule has 0 radical (unpaired) electrons. The summed E-state index contributed by atoms with van der Waals surface area (Å²) >= 11 is 0. The van der Waals surface area contributed by atoms with E-state index in [1.807, 2.05) is 24.4 Å². The number of fused-ring (bicyclic) bond motifs is 1. The van der Waals surface area contributed by atoms with Gasteiger partial charge in [-0.05, 0) is 43.7 Å². The van der Waals surface area contributed by atoms with Crippen LogP contribution in [0, 0.1) is 0 Å². The lowest BCUT2D eigenvalue weighted by molar-refractivity contribution is 0.104. The van der Waals surface area contributed by atoms with Gasteiger partial charge in [-0.2, -0.15) is 0 Å². The lowest BCUT2D eigenvalue weighted by atomic mass is 10.1. The van der Waals surface area contributed by atoms with E-state index in [2.05, 4.69) is 40.8 Å². The number of piperazine rings is 1. The summed E-state index contributed by atoms with van der Waals surface area (Å²) in [5.41, 5.74) is 3.29. The first kappa shape index (κ1) is 16.4. The van der Waals surface area contributed by atoms with Crippen LogP contribution in [0.25, 0.3) is 11.3 Å². The van der Waals surface area contributed by atoms with E-state index >= 15 is 0 Å². The molecule has 0 spiro atoms. The minimum atomic E-state index is 0.301. The Kier molecular flexibility index (Phi) is 4.59. The molecule has 132 valence electrons. The van der Waals surface area contributed by atoms with Gasteiger partial charge in [0.2, 0.25) is 6.79 Å². The van der Waals surface area contributed by atoms with Crippen molar-refractivity contribution in [2.24, 2.45) is 0 Å². The Morgan fingerprint density at radius 1 is 1.00 bits per heavy atom. The molecule has 4 rings (SSSR count). The monoisotopic (exact) mass is 339 g/mol. The second kappa shape index (κ2) is 7.02. The summed E-state index contributed by atoms with van der Waals surface area (Å²) in [5.74, 6) is 1.60. The van der Waals surface area contributed by atoms with Gasteiger partial charge in [-0.1, -0.05) is 6.07 Å². The molecule has 25 heavy (non-hydrogen) atoms. The summed E-state index contributed by atoms with van der Waals surface area (Å²) in [6.45, 7) is 10.4. The van der Waals surface area contributed by atoms with E-state index in [1.165, 1.54) is 5.56 Å². The number of rotatable bonds is 4. The summed E-state index contributed by atoms with van der Waals surface area (Å²) in [6.07, 6.45) is 1.99. The molecule has 2 aliphatic rings. The molecule has 1 fully saturated rings. The molecule has 0 atom stereocenters. The average Bonchev–Trinajstić information content (AvgIpc) is 3.10. The molecule has 0 amide bonds. The highest BCUT2D eigenvalue weighted by atomic mass is 16.7. The summed E-state index contributed by atoms with van der Waals surface area (Å²) in [7, 11) is 0. The molecule has 1 aromatic carbocycles. The Hall–Kier alpha value is -2.11. The van der Waals surface area contributed by atoms with Gasteiger partial charge in [0.05, 0.1) is 5.69 Å². The smallest absolute Gasteiger partial charge is 0.231 e. The van der Waals surface area contributed by atoms with Crippen molar-refractivity contribution in [2.45, 2.75) is 26.4 Å². The Balaban J connectivity index is 1.39. The molecule has 1 saturated heterocycles. The van der Waals surface area contributed by atoms with Gasteiger partial charge >= 0.3 is 0 Å². The zero-order valence-electron chi connectivity index (χ0n) is 14.9. The van der Waals surface area contributed by atoms with E-state index in [0.29, 0.717) is 12.8 Å². The summed E-state index contributed by atoms with van der Waals surface area (Å²) in [4.78, 5) is 9.70. The van der Waals surface area contributed by atoms with Crippen molar-refractivity contribution in [3.05, 3.63) is 42.1 Å². The van der Waals surface area contributed by atoms with Gasteiger partial charge in [0, 0.05) is 50.5 Å². The predicted octanol–water partition coefficient (Wildman–Crippen LogP) is 3.00. The van der Waals surface area contributed by atoms with Crippen LogP contribution in [0.5, 0.6) is 11.5 Å². The zero-order chi connectivity index (χ0) is 17.2. The van der Waals surface area contributed by atoms with Crippen LogP contribution in [0.2, 0.25) is 0 Å². The minimum absolute atomic E-state index is 0.301. The first-order valence-corrected chi connectivity index (χ1v) is 9.00. The molecule has 0 bridgehead atoms. The lowest BCUT2D eigenvalue weighted by Gasteiger charge is -2.36. The molecule has 5 heteroatoms. The predicted molar refractivity (Wildman–Crippen MR) is 97.8 cm³/mol. The van der Waals surface area contributed by atoms with Gasteiger partial charge < -0.3 is 9.47 Å². The Morgan fingerprint density at radius 3 is 2.52 bits per heavy atom. The van der Waals surface area contributed by atoms with Crippen molar-refractivity contribution in [1.82, 2.24) is 14.8 Å². The molecule has 3 heterocycles. The Bertz CT molecular complexity index is 722. The zero-order valence-corrected chi connectivity index (χ0v) is 14.9. The van der Waals surface area contributed by atoms with Crippen LogP contribution < -0.4 is 9.47 Å². The van der Waals surface area contributed by atoms with Crippen molar-refractivity contribution < 1.29 is 9.47 Å². The van der Waals surface area contributed by atoms with Crippen LogP contribution in [0.3, 0.4) is 0 Å². The summed E-state index contributed by atoms with van der Waals surface area (Å²) in [6, 6.07) is 10.9. The molecule has 5 nitrogen and oxygen atoms in total. The summed E-state index contributed by atoms with van der Waals surface area (Å²) in [5, 5.41) is 0. The molecule has 0 saturated carbocycles. The Morgan fingerprint density at radius 2 is 1.80 bits per heavy atom. The number of ether oxygens (including phenoxy) is 2. The van der Waals surface area contributed by atoms with E-state index in [-0.39, 0.29) is 0 Å². The minimum Gasteiger partial charge on any atom is -0.454 e. The second-order valence-corrected chi connectivity index (χ2v) is 7.03. The van der Waals surface area contributed by atoms with Gasteiger partial charge in [0.1, 0.15) is 0 Å². The van der Waals surface area contributed by atoms with Gasteiger partial charge in [-0.15, -0.1) is 0 Å². The van der Waals surface area contributed by atoms with Crippen LogP contribution in [-0.4, -0.2) is 53.8 Å². The quantitative estimate of drug-likeness (QED) is 0.856. The van der Waals surface area contributed by atoms with Crippen molar-refractivity contribution >= 4 is 0 Å². The summed E-state index contributed by atoms with van der Waals surface area (Å²) < 4.78 is 10.8. The van der Waals surface area contributed by atoms with Crippen LogP contribution in [-0.2, 0) is 6.54 Å². The van der Waals surface area contributed by atoms with Gasteiger partial charge in [0.25, 0.3) is 0 Å². The third-order valence-electron chi connectivity index (χ3n) is 5.04. The van der Waals surface area contributed by atoms with Crippen LogP contribution >= 0.6 is 0 Å². The van der Waals surface area contributed by atoms with Crippen molar-refractivity contribution in [3.8, 4) is 22.8 Å². The fourth-order valence-corrected chi connectivity index (χ4v) is 3.44. The van der Waals surface area contributed by atoms with Gasteiger partial charge in [-0.3, -0.25) is 14.8 Å². The maximum atomic E-state index is 5.45. The van der Waals surface area contributed by atoms with E-state index in [1.54, 1.807) is 0 Å². The number of hydrogen-bond acceptors (Lipinski definition) is 5. The molecule has 1 aromatic heterocycles. The standard InChI is InChI=1S/C20H25N3O2/c1-15(2)23-9-7-22(8-10-23)13-16-3-5-18(21-12-16)17-4-6-19-20(11-17)25-14-24-19/h3-6,11-12,15H,7-10,13-14H2,1-2H3. The van der Waals surface area contributed by atoms with Crippen LogP contribution in [0.1, 0.15) is 19.4 Å². The number of aromatic nitrogens is 1. The van der Waals surface area contributed by atoms with Crippen molar-refractivity contribution in [1.29, 1.82) is 0 Å². The fraction of sp³-hybridized carbons (Fsp3) is 0.450. The van der Waals surface area contributed by atoms with Crippen LogP contribution in [0.15, 0.2) is 36.5 Å². The highest BCUT2D eigenvalue weighted by Crippen LogP contribution is 2.35. The maximum Gasteiger partial charge on any atom is 0.231 e. The third kappa shape index (κ3) is 3.62. The average molecular weight is 339 g/mol. The highest BCUT2D eigenvalue weighted by molar-refractivity contribution is 5.64. The topological polar surface area (TPSA) is 37.8 Å². The Labute approximate surface area is 149 Å². The van der Waals surface area contributed by atoms with E-state index < -0.39 is 0 Å². The van der Waals surface area contributed by atoms with Crippen molar-refractivity contribution in [2.75, 3.05) is 33.0 Å². The van der Waals surface area contributed by atoms with E-state index in [4.69, 9.17) is 9.47 Å². The number of hydrogen-bond donors (Lipinski definition) is 0. The first-order valence-electron chi connectivity index (χ1n) is 9.00. The largest absolute Gasteiger partial charge is 0.454 e. The normalized spacial score (nSPS) is 18.0. The molecule has 2 aromatic rings. The van der Waals surface area contributed by atoms with E-state index in [0.717, 1.165) is 55.5 Å². The molecule has 2 aliphatic heterocycles. The van der Waals surface area contributed by atoms with E-state index in [9.17, 15) is 0 Å². The SMILES string of the molecule is CC(C)N1CCN(Cc2ccc(-c3ccc4c(c3)OCO4)nc2)CC1. The van der Waals surface area contributed by atoms with Gasteiger partial charge in [-0.25, -0.2) is 0 Å². The number of benzene rings is 1. The van der Waals surface area contributed by atoms with Crippen molar-refractivity contribution in [3.63, 3.8) is 0 Å². The molecular formula is C20H25N3O2. The lowest BCUT2D eigenvalue weighted by Crippen LogP contribution is -2.48.